The third-order valence-corrected chi connectivity index (χ3v) is 13.1. The fourth-order valence-corrected chi connectivity index (χ4v) is 8.53. The predicted molar refractivity (Wildman–Crippen MR) is 297 cm³/mol. The van der Waals surface area contributed by atoms with E-state index in [-0.39, 0.29) is 32.2 Å². The Bertz CT molecular complexity index is 1300. The molecule has 0 aromatic rings. The summed E-state index contributed by atoms with van der Waals surface area (Å²) in [6, 6.07) is 0. The van der Waals surface area contributed by atoms with Gasteiger partial charge in [0.05, 0.1) is 40.3 Å². The van der Waals surface area contributed by atoms with Gasteiger partial charge in [0.2, 0.25) is 0 Å². The Morgan fingerprint density at radius 3 is 1.20 bits per heavy atom. The van der Waals surface area contributed by atoms with E-state index in [1.165, 1.54) is 154 Å². The highest BCUT2D eigenvalue weighted by molar-refractivity contribution is 5.70. The molecule has 0 aromatic carbocycles. The molecule has 0 aliphatic carbocycles. The lowest BCUT2D eigenvalue weighted by atomic mass is 10.0. The van der Waals surface area contributed by atoms with E-state index in [1.807, 2.05) is 21.1 Å². The standard InChI is InChI=1S/C62H113NO8/c1-6-8-10-12-14-16-18-20-22-24-26-27-28-29-30-31-32-33-35-36-38-40-42-44-46-48-50-52-59(64)69-56-58(57-70-62(61(66)67)68-55-54-63(3,4)5)71-60(65)53-51-49-47-45-43-41-39-37-34-25-23-21-19-17-15-13-11-9-7-2/h9,11,15,17,21,23,34,37,58,62H,6-8,10,12-14,16,18-20,22,24-33,35-36,38-57H2,1-5H3/b11-9-,17-15-,23-21-,37-34-. The second-order valence-corrected chi connectivity index (χ2v) is 21.3. The fourth-order valence-electron chi connectivity index (χ4n) is 8.53. The van der Waals surface area contributed by atoms with Gasteiger partial charge in [0.25, 0.3) is 0 Å². The summed E-state index contributed by atoms with van der Waals surface area (Å²) in [5.41, 5.74) is 0. The number of allylic oxidation sites excluding steroid dienone is 8. The molecule has 0 spiro atoms. The molecule has 71 heavy (non-hydrogen) atoms. The highest BCUT2D eigenvalue weighted by Crippen LogP contribution is 2.17. The maximum Gasteiger partial charge on any atom is 0.306 e. The molecule has 0 aliphatic heterocycles. The zero-order valence-electron chi connectivity index (χ0n) is 47.1. The van der Waals surface area contributed by atoms with Crippen LogP contribution < -0.4 is 5.11 Å². The Morgan fingerprint density at radius 1 is 0.437 bits per heavy atom. The second-order valence-electron chi connectivity index (χ2n) is 21.3. The molecule has 0 amide bonds. The highest BCUT2D eigenvalue weighted by Gasteiger charge is 2.22. The Balaban J connectivity index is 4.18. The van der Waals surface area contributed by atoms with E-state index in [0.717, 1.165) is 83.5 Å². The maximum atomic E-state index is 12.8. The van der Waals surface area contributed by atoms with Crippen LogP contribution in [0.1, 0.15) is 271 Å². The Morgan fingerprint density at radius 2 is 0.803 bits per heavy atom. The van der Waals surface area contributed by atoms with Gasteiger partial charge in [-0.15, -0.1) is 0 Å². The van der Waals surface area contributed by atoms with Crippen molar-refractivity contribution in [3.05, 3.63) is 48.6 Å². The molecule has 2 atom stereocenters. The van der Waals surface area contributed by atoms with Crippen LogP contribution in [0.4, 0.5) is 0 Å². The molecule has 0 saturated carbocycles. The molecule has 0 fully saturated rings. The summed E-state index contributed by atoms with van der Waals surface area (Å²) in [5.74, 6) is -2.29. The van der Waals surface area contributed by atoms with Crippen molar-refractivity contribution < 1.29 is 42.9 Å². The van der Waals surface area contributed by atoms with E-state index in [0.29, 0.717) is 23.9 Å². The van der Waals surface area contributed by atoms with Crippen molar-refractivity contribution in [2.24, 2.45) is 0 Å². The first-order chi connectivity index (χ1) is 34.6. The monoisotopic (exact) mass is 1000 g/mol. The Kier molecular flexibility index (Phi) is 51.5. The average molecular weight is 1000 g/mol. The van der Waals surface area contributed by atoms with Crippen LogP contribution in [-0.4, -0.2) is 82.3 Å². The minimum atomic E-state index is -1.63. The van der Waals surface area contributed by atoms with Crippen LogP contribution in [0.15, 0.2) is 48.6 Å². The van der Waals surface area contributed by atoms with Gasteiger partial charge >= 0.3 is 11.9 Å². The Labute approximate surface area is 438 Å². The molecule has 0 heterocycles. The quantitative estimate of drug-likeness (QED) is 0.0195. The van der Waals surface area contributed by atoms with Gasteiger partial charge in [-0.2, -0.15) is 0 Å². The van der Waals surface area contributed by atoms with E-state index < -0.39 is 24.3 Å². The van der Waals surface area contributed by atoms with Gasteiger partial charge in [0.1, 0.15) is 13.2 Å². The van der Waals surface area contributed by atoms with Gasteiger partial charge in [-0.25, -0.2) is 0 Å². The molecule has 414 valence electrons. The Hall–Kier alpha value is -2.75. The maximum absolute atomic E-state index is 12.8. The second kappa shape index (κ2) is 53.5. The largest absolute Gasteiger partial charge is 0.545 e. The molecule has 0 rings (SSSR count). The number of likely N-dealkylation sites (N-methyl/N-ethyl adjacent to an activating group) is 1. The van der Waals surface area contributed by atoms with E-state index in [9.17, 15) is 19.5 Å². The molecule has 2 unspecified atom stereocenters. The van der Waals surface area contributed by atoms with Crippen molar-refractivity contribution in [1.82, 2.24) is 0 Å². The number of esters is 2. The SMILES string of the molecule is CC/C=C\C/C=C\C/C=C\C/C=C\CCCCCCCCC(=O)OC(COC(=O)CCCCCCCCCCCCCCCCCCCCCCCCCCCCC)COC(OCC[N+](C)(C)C)C(=O)[O-]. The first-order valence-corrected chi connectivity index (χ1v) is 29.8. The van der Waals surface area contributed by atoms with Crippen LogP contribution in [0.5, 0.6) is 0 Å². The van der Waals surface area contributed by atoms with Crippen molar-refractivity contribution in [2.45, 2.75) is 283 Å². The predicted octanol–water partition coefficient (Wildman–Crippen LogP) is 16.1. The molecule has 9 heteroatoms. The molecule has 0 aromatic heterocycles. The van der Waals surface area contributed by atoms with Crippen molar-refractivity contribution in [3.63, 3.8) is 0 Å². The number of carboxylic acids is 1. The van der Waals surface area contributed by atoms with Crippen LogP contribution in [-0.2, 0) is 33.3 Å². The first-order valence-electron chi connectivity index (χ1n) is 29.8. The normalized spacial score (nSPS) is 13.1. The molecule has 0 aliphatic rings. The van der Waals surface area contributed by atoms with Crippen molar-refractivity contribution >= 4 is 17.9 Å². The van der Waals surface area contributed by atoms with Gasteiger partial charge in [-0.1, -0.05) is 255 Å². The summed E-state index contributed by atoms with van der Waals surface area (Å²) in [6.07, 6.45) is 63.1. The lowest BCUT2D eigenvalue weighted by molar-refractivity contribution is -0.870. The van der Waals surface area contributed by atoms with E-state index >= 15 is 0 Å². The summed E-state index contributed by atoms with van der Waals surface area (Å²) in [4.78, 5) is 37.3. The molecule has 0 saturated heterocycles. The number of rotatable bonds is 55. The lowest BCUT2D eigenvalue weighted by Crippen LogP contribution is -2.44. The van der Waals surface area contributed by atoms with Crippen molar-refractivity contribution in [1.29, 1.82) is 0 Å². The number of quaternary nitrogens is 1. The lowest BCUT2D eigenvalue weighted by Gasteiger charge is -2.26. The van der Waals surface area contributed by atoms with E-state index in [1.54, 1.807) is 0 Å². The molecule has 0 N–H and O–H groups in total. The number of carboxylic acid groups (broad SMARTS) is 1. The summed E-state index contributed by atoms with van der Waals surface area (Å²) in [7, 11) is 5.92. The zero-order valence-corrected chi connectivity index (χ0v) is 47.1. The number of hydrogen-bond donors (Lipinski definition) is 0. The third-order valence-electron chi connectivity index (χ3n) is 13.1. The van der Waals surface area contributed by atoms with Gasteiger partial charge in [0, 0.05) is 12.8 Å². The molecular weight excluding hydrogens is 887 g/mol. The highest BCUT2D eigenvalue weighted by atomic mass is 16.7. The number of carbonyl (C=O) groups excluding carboxylic acids is 3. The van der Waals surface area contributed by atoms with Crippen LogP contribution >= 0.6 is 0 Å². The van der Waals surface area contributed by atoms with E-state index in [4.69, 9.17) is 18.9 Å². The zero-order chi connectivity index (χ0) is 52.0. The topological polar surface area (TPSA) is 111 Å². The fraction of sp³-hybridized carbons (Fsp3) is 0.823. The minimum absolute atomic E-state index is 0.145. The van der Waals surface area contributed by atoms with Gasteiger partial charge < -0.3 is 33.3 Å². The molecule has 9 nitrogen and oxygen atoms in total. The number of ether oxygens (including phenoxy) is 4. The number of nitrogens with zero attached hydrogens (tertiary/aromatic N) is 1. The summed E-state index contributed by atoms with van der Waals surface area (Å²) in [6.45, 7) is 4.65. The van der Waals surface area contributed by atoms with E-state index in [2.05, 4.69) is 62.5 Å². The van der Waals surface area contributed by atoms with Crippen molar-refractivity contribution in [2.75, 3.05) is 47.5 Å². The average Bonchev–Trinajstić information content (AvgIpc) is 3.34. The summed E-state index contributed by atoms with van der Waals surface area (Å²) >= 11 is 0. The summed E-state index contributed by atoms with van der Waals surface area (Å²) < 4.78 is 22.7. The molecular formula is C62H113NO8. The summed E-state index contributed by atoms with van der Waals surface area (Å²) in [5, 5.41) is 11.8. The van der Waals surface area contributed by atoms with Gasteiger partial charge in [0.15, 0.2) is 12.4 Å². The van der Waals surface area contributed by atoms with Gasteiger partial charge in [-0.3, -0.25) is 9.59 Å². The van der Waals surface area contributed by atoms with Crippen LogP contribution in [0, 0.1) is 0 Å². The van der Waals surface area contributed by atoms with Crippen LogP contribution in [0.2, 0.25) is 0 Å². The number of aliphatic carboxylic acids is 1. The number of hydrogen-bond acceptors (Lipinski definition) is 8. The van der Waals surface area contributed by atoms with Crippen molar-refractivity contribution in [3.8, 4) is 0 Å². The molecule has 0 bridgehead atoms. The van der Waals surface area contributed by atoms with Crippen LogP contribution in [0.25, 0.3) is 0 Å². The number of unbranched alkanes of at least 4 members (excludes halogenated alkanes) is 32. The number of carbonyl (C=O) groups is 3. The molecule has 0 radical (unpaired) electrons. The minimum Gasteiger partial charge on any atom is -0.545 e. The van der Waals surface area contributed by atoms with Gasteiger partial charge in [-0.05, 0) is 51.4 Å². The first kappa shape index (κ1) is 68.2. The smallest absolute Gasteiger partial charge is 0.306 e. The van der Waals surface area contributed by atoms with Crippen LogP contribution in [0.3, 0.4) is 0 Å². The third kappa shape index (κ3) is 54.9.